The van der Waals surface area contributed by atoms with Crippen molar-refractivity contribution in [3.8, 4) is 5.75 Å². The number of ether oxygens (including phenoxy) is 1. The molecule has 1 aromatic rings. The lowest BCUT2D eigenvalue weighted by atomic mass is 10.0. The molecule has 0 aromatic heterocycles. The molecule has 0 bridgehead atoms. The first-order valence-electron chi connectivity index (χ1n) is 6.70. The van der Waals surface area contributed by atoms with Crippen molar-refractivity contribution in [1.29, 1.82) is 0 Å². The number of nitrogens with zero attached hydrogens (tertiary/aromatic N) is 1. The standard InChI is InChI=1S/C15H22N2O2.HI/c1-17-9-7-14(16-8-3-4-10-18)13-6-5-12(19-2)11-15(13)17;/h5-7,11,16,18H,3-4,8-10H2,1-2H3;1H. The van der Waals surface area contributed by atoms with Gasteiger partial charge in [0.25, 0.3) is 0 Å². The minimum Gasteiger partial charge on any atom is -0.497 e. The zero-order chi connectivity index (χ0) is 13.7. The van der Waals surface area contributed by atoms with Gasteiger partial charge in [-0.1, -0.05) is 0 Å². The van der Waals surface area contributed by atoms with E-state index in [9.17, 15) is 0 Å². The van der Waals surface area contributed by atoms with Gasteiger partial charge >= 0.3 is 0 Å². The van der Waals surface area contributed by atoms with Gasteiger partial charge in [-0.3, -0.25) is 0 Å². The van der Waals surface area contributed by atoms with Crippen LogP contribution in [0, 0.1) is 0 Å². The van der Waals surface area contributed by atoms with Crippen LogP contribution in [0.1, 0.15) is 18.4 Å². The van der Waals surface area contributed by atoms with E-state index < -0.39 is 0 Å². The number of hydrogen-bond acceptors (Lipinski definition) is 4. The number of benzene rings is 1. The van der Waals surface area contributed by atoms with Gasteiger partial charge in [-0.25, -0.2) is 0 Å². The molecule has 1 aliphatic heterocycles. The number of nitrogens with one attached hydrogen (secondary N) is 1. The van der Waals surface area contributed by atoms with E-state index in [1.807, 2.05) is 6.07 Å². The highest BCUT2D eigenvalue weighted by molar-refractivity contribution is 14.0. The number of halogens is 1. The molecule has 0 saturated carbocycles. The Labute approximate surface area is 137 Å². The van der Waals surface area contributed by atoms with E-state index in [0.717, 1.165) is 31.7 Å². The predicted molar refractivity (Wildman–Crippen MR) is 94.0 cm³/mol. The second kappa shape index (κ2) is 8.36. The maximum Gasteiger partial charge on any atom is 0.120 e. The van der Waals surface area contributed by atoms with Gasteiger partial charge in [0.2, 0.25) is 0 Å². The Hall–Kier alpha value is -0.950. The van der Waals surface area contributed by atoms with Crippen molar-refractivity contribution in [2.24, 2.45) is 0 Å². The SMILES string of the molecule is COc1ccc2c(c1)N(C)CC=C2NCCCCO.I. The third-order valence-corrected chi connectivity index (χ3v) is 3.38. The van der Waals surface area contributed by atoms with Crippen LogP contribution in [0.4, 0.5) is 5.69 Å². The molecule has 0 fully saturated rings. The van der Waals surface area contributed by atoms with E-state index in [-0.39, 0.29) is 30.6 Å². The van der Waals surface area contributed by atoms with Crippen LogP contribution in [-0.2, 0) is 0 Å². The molecular weight excluding hydrogens is 367 g/mol. The smallest absolute Gasteiger partial charge is 0.120 e. The Morgan fingerprint density at radius 1 is 1.35 bits per heavy atom. The summed E-state index contributed by atoms with van der Waals surface area (Å²) in [4.78, 5) is 2.21. The average Bonchev–Trinajstić information content (AvgIpc) is 2.45. The zero-order valence-electron chi connectivity index (χ0n) is 12.1. The van der Waals surface area contributed by atoms with E-state index in [2.05, 4.69) is 35.5 Å². The first-order valence-corrected chi connectivity index (χ1v) is 6.70. The molecule has 0 atom stereocenters. The quantitative estimate of drug-likeness (QED) is 0.579. The zero-order valence-corrected chi connectivity index (χ0v) is 14.4. The number of anilines is 1. The Morgan fingerprint density at radius 2 is 2.15 bits per heavy atom. The molecule has 0 spiro atoms. The summed E-state index contributed by atoms with van der Waals surface area (Å²) in [7, 11) is 3.77. The second-order valence-corrected chi connectivity index (χ2v) is 4.74. The molecule has 20 heavy (non-hydrogen) atoms. The summed E-state index contributed by atoms with van der Waals surface area (Å²) in [5, 5.41) is 12.2. The summed E-state index contributed by atoms with van der Waals surface area (Å²) in [5.41, 5.74) is 3.57. The van der Waals surface area contributed by atoms with Crippen molar-refractivity contribution < 1.29 is 9.84 Å². The van der Waals surface area contributed by atoms with Gasteiger partial charge in [0, 0.05) is 49.8 Å². The average molecular weight is 390 g/mol. The highest BCUT2D eigenvalue weighted by Gasteiger charge is 2.16. The number of fused-ring (bicyclic) bond motifs is 1. The van der Waals surface area contributed by atoms with Crippen LogP contribution in [0.15, 0.2) is 24.3 Å². The molecule has 2 N–H and O–H groups in total. The first-order chi connectivity index (χ1) is 9.26. The molecule has 5 heteroatoms. The van der Waals surface area contributed by atoms with Crippen LogP contribution in [0.2, 0.25) is 0 Å². The highest BCUT2D eigenvalue weighted by atomic mass is 127. The van der Waals surface area contributed by atoms with Crippen molar-refractivity contribution in [1.82, 2.24) is 5.32 Å². The fourth-order valence-corrected chi connectivity index (χ4v) is 2.25. The molecular formula is C15H23IN2O2. The maximum atomic E-state index is 8.79. The summed E-state index contributed by atoms with van der Waals surface area (Å²) >= 11 is 0. The van der Waals surface area contributed by atoms with Crippen LogP contribution < -0.4 is 15.0 Å². The first kappa shape index (κ1) is 17.1. The monoisotopic (exact) mass is 390 g/mol. The summed E-state index contributed by atoms with van der Waals surface area (Å²) in [6.07, 6.45) is 4.03. The summed E-state index contributed by atoms with van der Waals surface area (Å²) in [5.74, 6) is 0.882. The number of likely N-dealkylation sites (N-methyl/N-ethyl adjacent to an activating group) is 1. The van der Waals surface area contributed by atoms with Gasteiger partial charge in [0.15, 0.2) is 0 Å². The fourth-order valence-electron chi connectivity index (χ4n) is 2.25. The number of hydrogen-bond donors (Lipinski definition) is 2. The van der Waals surface area contributed by atoms with E-state index in [1.165, 1.54) is 16.9 Å². The van der Waals surface area contributed by atoms with E-state index >= 15 is 0 Å². The van der Waals surface area contributed by atoms with Gasteiger partial charge < -0.3 is 20.1 Å². The van der Waals surface area contributed by atoms with Gasteiger partial charge in [-0.05, 0) is 31.1 Å². The molecule has 2 rings (SSSR count). The van der Waals surface area contributed by atoms with Crippen LogP contribution >= 0.6 is 24.0 Å². The molecule has 4 nitrogen and oxygen atoms in total. The molecule has 0 amide bonds. The minimum absolute atomic E-state index is 0. The van der Waals surface area contributed by atoms with Crippen molar-refractivity contribution in [3.63, 3.8) is 0 Å². The van der Waals surface area contributed by atoms with Gasteiger partial charge in [-0.15, -0.1) is 24.0 Å². The van der Waals surface area contributed by atoms with Gasteiger partial charge in [0.1, 0.15) is 5.75 Å². The van der Waals surface area contributed by atoms with Crippen LogP contribution in [0.3, 0.4) is 0 Å². The molecule has 0 radical (unpaired) electrons. The Morgan fingerprint density at radius 3 is 2.85 bits per heavy atom. The van der Waals surface area contributed by atoms with Crippen molar-refractivity contribution in [3.05, 3.63) is 29.8 Å². The van der Waals surface area contributed by atoms with Gasteiger partial charge in [0.05, 0.1) is 7.11 Å². The normalized spacial score (nSPS) is 13.2. The van der Waals surface area contributed by atoms with Crippen LogP contribution in [-0.4, -0.2) is 39.0 Å². The molecule has 1 aromatic carbocycles. The molecule has 112 valence electrons. The summed E-state index contributed by atoms with van der Waals surface area (Å²) in [6.45, 7) is 2.04. The number of aliphatic hydroxyl groups excluding tert-OH is 1. The minimum atomic E-state index is 0. The van der Waals surface area contributed by atoms with Gasteiger partial charge in [-0.2, -0.15) is 0 Å². The number of rotatable bonds is 6. The van der Waals surface area contributed by atoms with Crippen LogP contribution in [0.25, 0.3) is 5.70 Å². The Balaban J connectivity index is 0.00000200. The Bertz CT molecular complexity index is 463. The van der Waals surface area contributed by atoms with E-state index in [0.29, 0.717) is 0 Å². The molecule has 0 saturated heterocycles. The molecule has 1 heterocycles. The van der Waals surface area contributed by atoms with E-state index in [4.69, 9.17) is 9.84 Å². The lowest BCUT2D eigenvalue weighted by molar-refractivity contribution is 0.284. The van der Waals surface area contributed by atoms with Crippen LogP contribution in [0.5, 0.6) is 5.75 Å². The lowest BCUT2D eigenvalue weighted by Gasteiger charge is -2.28. The fraction of sp³-hybridized carbons (Fsp3) is 0.467. The number of methoxy groups -OCH3 is 1. The Kier molecular flexibility index (Phi) is 7.15. The molecule has 0 unspecified atom stereocenters. The topological polar surface area (TPSA) is 44.7 Å². The highest BCUT2D eigenvalue weighted by Crippen LogP contribution is 2.32. The number of aliphatic hydroxyl groups is 1. The van der Waals surface area contributed by atoms with E-state index in [1.54, 1.807) is 7.11 Å². The third kappa shape index (κ3) is 4.02. The predicted octanol–water partition coefficient (Wildman–Crippen LogP) is 2.47. The van der Waals surface area contributed by atoms with Crippen molar-refractivity contribution in [2.45, 2.75) is 12.8 Å². The number of unbranched alkanes of at least 4 members (excludes halogenated alkanes) is 1. The summed E-state index contributed by atoms with van der Waals surface area (Å²) < 4.78 is 5.28. The van der Waals surface area contributed by atoms with Crippen molar-refractivity contribution >= 4 is 35.4 Å². The summed E-state index contributed by atoms with van der Waals surface area (Å²) in [6, 6.07) is 6.15. The lowest BCUT2D eigenvalue weighted by Crippen LogP contribution is -2.26. The third-order valence-electron chi connectivity index (χ3n) is 3.38. The molecule has 1 aliphatic rings. The molecule has 0 aliphatic carbocycles. The van der Waals surface area contributed by atoms with Crippen molar-refractivity contribution in [2.75, 3.05) is 38.8 Å². The largest absolute Gasteiger partial charge is 0.497 e. The maximum absolute atomic E-state index is 8.79. The second-order valence-electron chi connectivity index (χ2n) is 4.74.